The minimum Gasteiger partial charge on any atom is -0.330 e. The number of halogens is 2. The molecule has 174 valence electrons. The Hall–Kier alpha value is -2.26. The van der Waals surface area contributed by atoms with E-state index in [1.165, 1.54) is 45.6 Å². The summed E-state index contributed by atoms with van der Waals surface area (Å²) in [4.78, 5) is 16.5. The first-order valence-corrected chi connectivity index (χ1v) is 13.3. The molecule has 0 saturated heterocycles. The van der Waals surface area contributed by atoms with Crippen molar-refractivity contribution in [2.45, 2.75) is 37.2 Å². The second-order valence-electron chi connectivity index (χ2n) is 8.19. The van der Waals surface area contributed by atoms with Crippen LogP contribution in [0.5, 0.6) is 0 Å². The molecule has 33 heavy (non-hydrogen) atoms. The predicted octanol–water partition coefficient (Wildman–Crippen LogP) is 5.11. The van der Waals surface area contributed by atoms with Gasteiger partial charge in [-0.3, -0.25) is 4.79 Å². The number of thiophene rings is 1. The highest BCUT2D eigenvalue weighted by Crippen LogP contribution is 2.38. The summed E-state index contributed by atoms with van der Waals surface area (Å²) < 4.78 is 41.4. The lowest BCUT2D eigenvalue weighted by Crippen LogP contribution is -2.48. The summed E-state index contributed by atoms with van der Waals surface area (Å²) in [6.45, 7) is 3.65. The number of amides is 1. The normalized spacial score (nSPS) is 16.3. The van der Waals surface area contributed by atoms with Gasteiger partial charge in [0.05, 0.1) is 17.5 Å². The van der Waals surface area contributed by atoms with Crippen LogP contribution in [0, 0.1) is 5.82 Å². The summed E-state index contributed by atoms with van der Waals surface area (Å²) in [6.07, 6.45) is 0.696. The number of hydrogen-bond acceptors (Lipinski definition) is 4. The fourth-order valence-electron chi connectivity index (χ4n) is 4.10. The summed E-state index contributed by atoms with van der Waals surface area (Å²) in [7, 11) is -3.91. The number of carbonyl (C=O) groups is 1. The topological polar surface area (TPSA) is 57.7 Å². The largest absolute Gasteiger partial charge is 0.330 e. The quantitative estimate of drug-likeness (QED) is 0.466. The minimum absolute atomic E-state index is 0.0854. The Kier molecular flexibility index (Phi) is 6.91. The first kappa shape index (κ1) is 23.9. The average Bonchev–Trinajstić information content (AvgIpc) is 3.26. The van der Waals surface area contributed by atoms with E-state index in [9.17, 15) is 17.6 Å². The molecule has 1 unspecified atom stereocenters. The van der Waals surface area contributed by atoms with E-state index in [0.29, 0.717) is 18.0 Å². The van der Waals surface area contributed by atoms with E-state index in [1.807, 2.05) is 11.4 Å². The van der Waals surface area contributed by atoms with Crippen LogP contribution >= 0.6 is 22.9 Å². The van der Waals surface area contributed by atoms with Gasteiger partial charge in [0.1, 0.15) is 5.82 Å². The molecule has 1 aliphatic rings. The molecule has 5 nitrogen and oxygen atoms in total. The van der Waals surface area contributed by atoms with Crippen molar-refractivity contribution >= 4 is 38.9 Å². The minimum atomic E-state index is -3.91. The van der Waals surface area contributed by atoms with E-state index >= 15 is 0 Å². The molecule has 3 aromatic rings. The summed E-state index contributed by atoms with van der Waals surface area (Å²) in [5.74, 6) is -0.648. The van der Waals surface area contributed by atoms with Crippen LogP contribution < -0.4 is 0 Å². The fraction of sp³-hybridized carbons (Fsp3) is 0.292. The SMILES string of the molecule is CC(C)N(CC(=O)N1CCc2sccc2C1c1ccc(F)cc1)S(=O)(=O)c1ccc(Cl)cc1. The van der Waals surface area contributed by atoms with Gasteiger partial charge in [0.15, 0.2) is 0 Å². The van der Waals surface area contributed by atoms with Gasteiger partial charge < -0.3 is 4.90 Å². The molecule has 4 rings (SSSR count). The highest BCUT2D eigenvalue weighted by atomic mass is 35.5. The third-order valence-electron chi connectivity index (χ3n) is 5.76. The molecule has 0 aliphatic carbocycles. The molecular formula is C24H24ClFN2O3S2. The number of sulfonamides is 1. The zero-order valence-electron chi connectivity index (χ0n) is 18.2. The van der Waals surface area contributed by atoms with Crippen LogP contribution in [0.15, 0.2) is 64.9 Å². The first-order valence-electron chi connectivity index (χ1n) is 10.6. The molecule has 1 aromatic heterocycles. The standard InChI is InChI=1S/C24H24ClFN2O3S2/c1-16(2)28(33(30,31)20-9-5-18(25)6-10-20)15-23(29)27-13-11-22-21(12-14-32-22)24(27)17-3-7-19(26)8-4-17/h3-10,12,14,16,24H,11,13,15H2,1-2H3. The summed E-state index contributed by atoms with van der Waals surface area (Å²) >= 11 is 7.55. The first-order chi connectivity index (χ1) is 15.7. The molecule has 2 heterocycles. The van der Waals surface area contributed by atoms with Gasteiger partial charge >= 0.3 is 0 Å². The van der Waals surface area contributed by atoms with Crippen molar-refractivity contribution in [3.05, 3.63) is 86.8 Å². The van der Waals surface area contributed by atoms with Gasteiger partial charge in [-0.25, -0.2) is 12.8 Å². The number of rotatable bonds is 6. The third-order valence-corrected chi connectivity index (χ3v) is 9.04. The van der Waals surface area contributed by atoms with Crippen LogP contribution in [0.3, 0.4) is 0 Å². The van der Waals surface area contributed by atoms with Crippen LogP contribution in [0.4, 0.5) is 4.39 Å². The average molecular weight is 507 g/mol. The third kappa shape index (κ3) is 4.84. The Morgan fingerprint density at radius 1 is 1.15 bits per heavy atom. The van der Waals surface area contributed by atoms with Crippen LogP contribution in [0.1, 0.15) is 35.9 Å². The molecule has 0 bridgehead atoms. The second kappa shape index (κ2) is 9.54. The van der Waals surface area contributed by atoms with Gasteiger partial charge in [-0.15, -0.1) is 11.3 Å². The van der Waals surface area contributed by atoms with Gasteiger partial charge in [0.25, 0.3) is 0 Å². The summed E-state index contributed by atoms with van der Waals surface area (Å²) in [5, 5.41) is 2.42. The maximum absolute atomic E-state index is 13.6. The number of carbonyl (C=O) groups excluding carboxylic acids is 1. The molecule has 1 amide bonds. The molecule has 1 atom stereocenters. The van der Waals surface area contributed by atoms with Crippen molar-refractivity contribution in [3.8, 4) is 0 Å². The maximum atomic E-state index is 13.6. The Bertz CT molecular complexity index is 1240. The van der Waals surface area contributed by atoms with E-state index in [4.69, 9.17) is 11.6 Å². The molecule has 0 radical (unpaired) electrons. The maximum Gasteiger partial charge on any atom is 0.243 e. The van der Waals surface area contributed by atoms with E-state index in [1.54, 1.807) is 42.2 Å². The number of hydrogen-bond donors (Lipinski definition) is 0. The van der Waals surface area contributed by atoms with Crippen molar-refractivity contribution in [2.24, 2.45) is 0 Å². The van der Waals surface area contributed by atoms with E-state index in [2.05, 4.69) is 0 Å². The van der Waals surface area contributed by atoms with Crippen molar-refractivity contribution in [1.29, 1.82) is 0 Å². The Labute approximate surface area is 202 Å². The van der Waals surface area contributed by atoms with Crippen LogP contribution in [0.25, 0.3) is 0 Å². The van der Waals surface area contributed by atoms with Crippen molar-refractivity contribution in [2.75, 3.05) is 13.1 Å². The van der Waals surface area contributed by atoms with Gasteiger partial charge in [-0.1, -0.05) is 23.7 Å². The van der Waals surface area contributed by atoms with Gasteiger partial charge in [0, 0.05) is 22.5 Å². The number of fused-ring (bicyclic) bond motifs is 1. The predicted molar refractivity (Wildman–Crippen MR) is 128 cm³/mol. The molecule has 0 N–H and O–H groups in total. The van der Waals surface area contributed by atoms with E-state index in [-0.39, 0.29) is 29.2 Å². The molecule has 2 aromatic carbocycles. The van der Waals surface area contributed by atoms with Gasteiger partial charge in [-0.2, -0.15) is 4.31 Å². The van der Waals surface area contributed by atoms with Crippen molar-refractivity contribution < 1.29 is 17.6 Å². The zero-order chi connectivity index (χ0) is 23.8. The molecule has 0 spiro atoms. The Balaban J connectivity index is 1.66. The van der Waals surface area contributed by atoms with E-state index in [0.717, 1.165) is 11.1 Å². The summed E-state index contributed by atoms with van der Waals surface area (Å²) in [6, 6.07) is 13.2. The molecular weight excluding hydrogens is 483 g/mol. The van der Waals surface area contributed by atoms with Crippen molar-refractivity contribution in [3.63, 3.8) is 0 Å². The van der Waals surface area contributed by atoms with Crippen molar-refractivity contribution in [1.82, 2.24) is 9.21 Å². The lowest BCUT2D eigenvalue weighted by Gasteiger charge is -2.38. The van der Waals surface area contributed by atoms with Gasteiger partial charge in [0.2, 0.25) is 15.9 Å². The van der Waals surface area contributed by atoms with Crippen LogP contribution in [-0.4, -0.2) is 42.7 Å². The molecule has 1 aliphatic heterocycles. The van der Waals surface area contributed by atoms with Crippen LogP contribution in [0.2, 0.25) is 5.02 Å². The monoisotopic (exact) mass is 506 g/mol. The molecule has 0 fully saturated rings. The number of nitrogens with zero attached hydrogens (tertiary/aromatic N) is 2. The van der Waals surface area contributed by atoms with Gasteiger partial charge in [-0.05, 0) is 79.2 Å². The molecule has 0 saturated carbocycles. The zero-order valence-corrected chi connectivity index (χ0v) is 20.6. The Morgan fingerprint density at radius 2 is 1.82 bits per heavy atom. The number of benzene rings is 2. The molecule has 9 heteroatoms. The fourth-order valence-corrected chi connectivity index (χ4v) is 6.72. The van der Waals surface area contributed by atoms with E-state index < -0.39 is 16.1 Å². The smallest absolute Gasteiger partial charge is 0.243 e. The lowest BCUT2D eigenvalue weighted by molar-refractivity contribution is -0.133. The highest BCUT2D eigenvalue weighted by molar-refractivity contribution is 7.89. The highest BCUT2D eigenvalue weighted by Gasteiger charge is 2.36. The second-order valence-corrected chi connectivity index (χ2v) is 11.5. The Morgan fingerprint density at radius 3 is 2.45 bits per heavy atom. The van der Waals surface area contributed by atoms with Crippen LogP contribution in [-0.2, 0) is 21.2 Å². The summed E-state index contributed by atoms with van der Waals surface area (Å²) in [5.41, 5.74) is 1.80. The lowest BCUT2D eigenvalue weighted by atomic mass is 9.93.